The summed E-state index contributed by atoms with van der Waals surface area (Å²) < 4.78 is 20.9. The number of fused-ring (bicyclic) bond motifs is 1. The molecule has 1 aromatic heterocycles. The minimum absolute atomic E-state index is 0.141. The lowest BCUT2D eigenvalue weighted by Crippen LogP contribution is -2.50. The highest BCUT2D eigenvalue weighted by Crippen LogP contribution is 2.45. The molecule has 0 aliphatic carbocycles. The number of anilines is 2. The lowest BCUT2D eigenvalue weighted by atomic mass is 9.98. The zero-order valence-corrected chi connectivity index (χ0v) is 17.9. The van der Waals surface area contributed by atoms with Crippen molar-refractivity contribution in [1.82, 2.24) is 9.97 Å². The molecule has 168 valence electrons. The van der Waals surface area contributed by atoms with Crippen molar-refractivity contribution in [2.45, 2.75) is 50.8 Å². The number of rotatable bonds is 5. The summed E-state index contributed by atoms with van der Waals surface area (Å²) in [6, 6.07) is 0. The molecule has 0 spiro atoms. The third-order valence-electron chi connectivity index (χ3n) is 5.06. The molecule has 5 atom stereocenters. The minimum Gasteiger partial charge on any atom is -0.394 e. The first-order valence-electron chi connectivity index (χ1n) is 10.0. The highest BCUT2D eigenvalue weighted by atomic mass is 19.1. The summed E-state index contributed by atoms with van der Waals surface area (Å²) in [4.78, 5) is 9.76. The predicted octanol–water partition coefficient (Wildman–Crippen LogP) is 2.32. The summed E-state index contributed by atoms with van der Waals surface area (Å²) in [6.45, 7) is 12.2. The first-order chi connectivity index (χ1) is 14.9. The van der Waals surface area contributed by atoms with Crippen LogP contribution in [0.4, 0.5) is 16.0 Å². The Labute approximate surface area is 181 Å². The maximum absolute atomic E-state index is 15.3. The molecule has 9 heteroatoms. The van der Waals surface area contributed by atoms with Gasteiger partial charge in [-0.1, -0.05) is 51.0 Å². The Kier molecular flexibility index (Phi) is 8.30. The molecule has 8 nitrogen and oxygen atoms in total. The molecule has 0 saturated carbocycles. The van der Waals surface area contributed by atoms with Crippen LogP contribution in [0.2, 0.25) is 0 Å². The van der Waals surface area contributed by atoms with E-state index < -0.39 is 36.6 Å². The molecule has 4 N–H and O–H groups in total. The highest BCUT2D eigenvalue weighted by molar-refractivity contribution is 5.67. The van der Waals surface area contributed by atoms with Crippen molar-refractivity contribution in [2.75, 3.05) is 23.5 Å². The Bertz CT molecular complexity index is 893. The zero-order valence-electron chi connectivity index (χ0n) is 17.9. The largest absolute Gasteiger partial charge is 0.394 e. The van der Waals surface area contributed by atoms with E-state index in [0.717, 1.165) is 0 Å². The molecule has 2 aliphatic heterocycles. The monoisotopic (exact) mass is 432 g/mol. The van der Waals surface area contributed by atoms with E-state index in [1.165, 1.54) is 18.2 Å². The van der Waals surface area contributed by atoms with Gasteiger partial charge in [0.25, 0.3) is 0 Å². The van der Waals surface area contributed by atoms with Crippen LogP contribution in [-0.2, 0) is 4.74 Å². The summed E-state index contributed by atoms with van der Waals surface area (Å²) in [5.74, 6) is 6.01. The second kappa shape index (κ2) is 10.5. The second-order valence-corrected chi connectivity index (χ2v) is 6.91. The molecular formula is C22H29FN4O4. The van der Waals surface area contributed by atoms with Gasteiger partial charge in [-0.25, -0.2) is 14.4 Å². The Morgan fingerprint density at radius 1 is 1.45 bits per heavy atom. The molecule has 0 aromatic carbocycles. The molecule has 0 amide bonds. The van der Waals surface area contributed by atoms with Crippen LogP contribution in [0, 0.1) is 11.8 Å². The number of nitrogens with zero attached hydrogens (tertiary/aromatic N) is 3. The molecular weight excluding hydrogens is 403 g/mol. The SMILES string of the molecule is C=C/C=C(/C#CC1CN(C2OC(CO)C(O)C2(C)F)c2ncnc(NO)c21)C=C.CC. The highest BCUT2D eigenvalue weighted by Gasteiger charge is 2.57. The van der Waals surface area contributed by atoms with Gasteiger partial charge in [0.1, 0.15) is 24.4 Å². The zero-order chi connectivity index (χ0) is 23.2. The Hall–Kier alpha value is -2.77. The fraction of sp³-hybridized carbons (Fsp3) is 0.455. The van der Waals surface area contributed by atoms with Crippen LogP contribution in [0.15, 0.2) is 43.3 Å². The number of hydrogen-bond acceptors (Lipinski definition) is 8. The number of aliphatic hydroxyl groups excluding tert-OH is 2. The van der Waals surface area contributed by atoms with Crippen LogP contribution in [0.3, 0.4) is 0 Å². The van der Waals surface area contributed by atoms with Crippen LogP contribution in [0.5, 0.6) is 0 Å². The maximum atomic E-state index is 15.3. The normalized spacial score (nSPS) is 29.3. The second-order valence-electron chi connectivity index (χ2n) is 6.91. The summed E-state index contributed by atoms with van der Waals surface area (Å²) in [5.41, 5.74) is 0.973. The molecule has 5 unspecified atom stereocenters. The van der Waals surface area contributed by atoms with E-state index in [1.54, 1.807) is 18.2 Å². The standard InChI is InChI=1S/C20H23FN4O4.C2H6/c1-4-6-12(5-2)7-8-13-9-25(18-15(13)17(24-28)22-11-23-18)19-20(3,21)16(27)14(10-26)29-19;1-2/h4-6,11,13-14,16,19,26-28H,1-2,9-10H2,3H3,(H,22,23,24);1-2H3/b12-6+;. The predicted molar refractivity (Wildman–Crippen MR) is 116 cm³/mol. The van der Waals surface area contributed by atoms with Gasteiger partial charge in [0.15, 0.2) is 17.7 Å². The molecule has 3 rings (SSSR count). The quantitative estimate of drug-likeness (QED) is 0.319. The van der Waals surface area contributed by atoms with Crippen LogP contribution in [0.1, 0.15) is 32.3 Å². The van der Waals surface area contributed by atoms with Gasteiger partial charge in [0.2, 0.25) is 0 Å². The van der Waals surface area contributed by atoms with E-state index in [0.29, 0.717) is 17.0 Å². The molecule has 31 heavy (non-hydrogen) atoms. The van der Waals surface area contributed by atoms with Crippen LogP contribution in [-0.4, -0.2) is 62.6 Å². The fourth-order valence-corrected chi connectivity index (χ4v) is 3.59. The molecule has 2 aliphatic rings. The van der Waals surface area contributed by atoms with Gasteiger partial charge in [-0.3, -0.25) is 10.7 Å². The fourth-order valence-electron chi connectivity index (χ4n) is 3.59. The number of aromatic nitrogens is 2. The van der Waals surface area contributed by atoms with Crippen molar-refractivity contribution in [2.24, 2.45) is 0 Å². The third-order valence-corrected chi connectivity index (χ3v) is 5.06. The maximum Gasteiger partial charge on any atom is 0.181 e. The molecule has 3 heterocycles. The van der Waals surface area contributed by atoms with Crippen LogP contribution >= 0.6 is 0 Å². The van der Waals surface area contributed by atoms with Gasteiger partial charge in [-0.15, -0.1) is 0 Å². The summed E-state index contributed by atoms with van der Waals surface area (Å²) >= 11 is 0. The first kappa shape index (κ1) is 24.5. The number of alkyl halides is 1. The minimum atomic E-state index is -2.17. The number of halogens is 1. The molecule has 0 bridgehead atoms. The Balaban J connectivity index is 0.00000166. The van der Waals surface area contributed by atoms with Crippen molar-refractivity contribution in [3.63, 3.8) is 0 Å². The van der Waals surface area contributed by atoms with E-state index in [9.17, 15) is 15.4 Å². The Morgan fingerprint density at radius 3 is 2.71 bits per heavy atom. The van der Waals surface area contributed by atoms with Gasteiger partial charge in [0.05, 0.1) is 18.1 Å². The van der Waals surface area contributed by atoms with E-state index in [1.807, 2.05) is 19.3 Å². The molecule has 1 saturated heterocycles. The Morgan fingerprint density at radius 2 is 2.16 bits per heavy atom. The molecule has 0 radical (unpaired) electrons. The van der Waals surface area contributed by atoms with Gasteiger partial charge in [0, 0.05) is 12.1 Å². The van der Waals surface area contributed by atoms with E-state index in [-0.39, 0.29) is 12.4 Å². The number of nitrogens with one attached hydrogen (secondary N) is 1. The molecule has 1 aromatic rings. The summed E-state index contributed by atoms with van der Waals surface area (Å²) in [5, 5.41) is 29.1. The number of aliphatic hydroxyl groups is 2. The van der Waals surface area contributed by atoms with Gasteiger partial charge < -0.3 is 19.8 Å². The number of ether oxygens (including phenoxy) is 1. The topological polar surface area (TPSA) is 111 Å². The summed E-state index contributed by atoms with van der Waals surface area (Å²) in [6.07, 6.45) is 2.30. The van der Waals surface area contributed by atoms with Gasteiger partial charge >= 0.3 is 0 Å². The van der Waals surface area contributed by atoms with Crippen molar-refractivity contribution in [1.29, 1.82) is 0 Å². The average molecular weight is 432 g/mol. The van der Waals surface area contributed by atoms with Gasteiger partial charge in [-0.2, -0.15) is 0 Å². The summed E-state index contributed by atoms with van der Waals surface area (Å²) in [7, 11) is 0. The smallest absolute Gasteiger partial charge is 0.181 e. The van der Waals surface area contributed by atoms with Crippen molar-refractivity contribution in [3.8, 4) is 11.8 Å². The lowest BCUT2D eigenvalue weighted by Gasteiger charge is -2.32. The number of hydrogen-bond donors (Lipinski definition) is 4. The van der Waals surface area contributed by atoms with Crippen LogP contribution < -0.4 is 10.4 Å². The lowest BCUT2D eigenvalue weighted by molar-refractivity contribution is -0.0224. The average Bonchev–Trinajstić information content (AvgIpc) is 3.26. The van der Waals surface area contributed by atoms with E-state index in [4.69, 9.17) is 4.74 Å². The van der Waals surface area contributed by atoms with Crippen molar-refractivity contribution in [3.05, 3.63) is 48.8 Å². The van der Waals surface area contributed by atoms with Gasteiger partial charge in [-0.05, 0) is 13.0 Å². The third kappa shape index (κ3) is 4.62. The van der Waals surface area contributed by atoms with Crippen LogP contribution in [0.25, 0.3) is 0 Å². The van der Waals surface area contributed by atoms with E-state index in [2.05, 4.69) is 35.0 Å². The van der Waals surface area contributed by atoms with Crippen molar-refractivity contribution >= 4 is 11.6 Å². The molecule has 1 fully saturated rings. The van der Waals surface area contributed by atoms with Crippen molar-refractivity contribution < 1.29 is 24.5 Å². The first-order valence-corrected chi connectivity index (χ1v) is 10.0. The van der Waals surface area contributed by atoms with E-state index >= 15 is 4.39 Å². The number of allylic oxidation sites excluding steroid dienone is 4.